The van der Waals surface area contributed by atoms with Crippen molar-refractivity contribution in [3.05, 3.63) is 58.1 Å². The van der Waals surface area contributed by atoms with Crippen LogP contribution in [0.15, 0.2) is 36.4 Å². The van der Waals surface area contributed by atoms with Crippen molar-refractivity contribution in [1.29, 1.82) is 0 Å². The number of ketones is 1. The highest BCUT2D eigenvalue weighted by molar-refractivity contribution is 6.35. The van der Waals surface area contributed by atoms with Gasteiger partial charge in [-0.2, -0.15) is 0 Å². The van der Waals surface area contributed by atoms with Gasteiger partial charge in [0.2, 0.25) is 5.91 Å². The van der Waals surface area contributed by atoms with Crippen LogP contribution in [-0.4, -0.2) is 18.7 Å². The van der Waals surface area contributed by atoms with Crippen LogP contribution in [0.5, 0.6) is 0 Å². The molecule has 1 amide bonds. The lowest BCUT2D eigenvalue weighted by Gasteiger charge is -2.10. The summed E-state index contributed by atoms with van der Waals surface area (Å²) in [7, 11) is 1.73. The summed E-state index contributed by atoms with van der Waals surface area (Å²) in [6, 6.07) is 10.1. The number of nitrogen functional groups attached to an aromatic ring is 1. The molecule has 2 N–H and O–H groups in total. The van der Waals surface area contributed by atoms with E-state index in [1.807, 2.05) is 0 Å². The quantitative estimate of drug-likeness (QED) is 0.685. The van der Waals surface area contributed by atoms with Crippen molar-refractivity contribution in [2.75, 3.05) is 17.7 Å². The van der Waals surface area contributed by atoms with Crippen LogP contribution in [0.25, 0.3) is 0 Å². The summed E-state index contributed by atoms with van der Waals surface area (Å²) in [4.78, 5) is 25.8. The second-order valence-corrected chi connectivity index (χ2v) is 5.45. The van der Waals surface area contributed by atoms with Crippen LogP contribution in [0.3, 0.4) is 0 Å². The van der Waals surface area contributed by atoms with Crippen LogP contribution >= 0.6 is 11.6 Å². The number of anilines is 2. The average Bonchev–Trinajstić information content (AvgIpc) is 2.73. The van der Waals surface area contributed by atoms with Gasteiger partial charge in [0, 0.05) is 29.5 Å². The molecule has 5 heteroatoms. The van der Waals surface area contributed by atoms with Crippen molar-refractivity contribution in [3.63, 3.8) is 0 Å². The highest BCUT2D eigenvalue weighted by Crippen LogP contribution is 2.30. The standard InChI is InChI=1S/C16H13ClN2O2/c1-19-14-5-2-9(6-10(14)7-15(19)20)16(21)12-4-3-11(18)8-13(12)17/h2-6,8H,7,18H2,1H3. The monoisotopic (exact) mass is 300 g/mol. The predicted octanol–water partition coefficient (Wildman–Crippen LogP) is 2.67. The lowest BCUT2D eigenvalue weighted by Crippen LogP contribution is -2.20. The first-order valence-electron chi connectivity index (χ1n) is 6.46. The Hall–Kier alpha value is -2.33. The summed E-state index contributed by atoms with van der Waals surface area (Å²) >= 11 is 6.07. The fourth-order valence-corrected chi connectivity index (χ4v) is 2.76. The number of carbonyl (C=O) groups is 2. The molecule has 0 atom stereocenters. The van der Waals surface area contributed by atoms with E-state index >= 15 is 0 Å². The largest absolute Gasteiger partial charge is 0.399 e. The summed E-state index contributed by atoms with van der Waals surface area (Å²) in [6.45, 7) is 0. The molecule has 0 bridgehead atoms. The van der Waals surface area contributed by atoms with Gasteiger partial charge < -0.3 is 10.6 Å². The molecule has 1 heterocycles. The van der Waals surface area contributed by atoms with Gasteiger partial charge in [0.25, 0.3) is 0 Å². The van der Waals surface area contributed by atoms with E-state index in [0.717, 1.165) is 11.3 Å². The number of rotatable bonds is 2. The SMILES string of the molecule is CN1C(=O)Cc2cc(C(=O)c3ccc(N)cc3Cl)ccc21. The zero-order chi connectivity index (χ0) is 15.1. The van der Waals surface area contributed by atoms with Crippen LogP contribution in [0, 0.1) is 0 Å². The highest BCUT2D eigenvalue weighted by Gasteiger charge is 2.25. The predicted molar refractivity (Wildman–Crippen MR) is 82.9 cm³/mol. The average molecular weight is 301 g/mol. The summed E-state index contributed by atoms with van der Waals surface area (Å²) < 4.78 is 0. The Labute approximate surface area is 127 Å². The van der Waals surface area contributed by atoms with Crippen molar-refractivity contribution in [1.82, 2.24) is 0 Å². The third-order valence-electron chi connectivity index (χ3n) is 3.66. The Morgan fingerprint density at radius 2 is 2.00 bits per heavy atom. The first-order chi connectivity index (χ1) is 9.97. The molecule has 0 saturated heterocycles. The fourth-order valence-electron chi connectivity index (χ4n) is 2.48. The number of nitrogens with zero attached hydrogens (tertiary/aromatic N) is 1. The van der Waals surface area contributed by atoms with Gasteiger partial charge in [0.15, 0.2) is 5.78 Å². The summed E-state index contributed by atoms with van der Waals surface area (Å²) in [5, 5.41) is 0.327. The molecule has 2 aromatic rings. The molecule has 21 heavy (non-hydrogen) atoms. The maximum absolute atomic E-state index is 12.5. The molecular formula is C16H13ClN2O2. The first kappa shape index (κ1) is 13.6. The Morgan fingerprint density at radius 1 is 1.24 bits per heavy atom. The minimum absolute atomic E-state index is 0.0279. The number of benzene rings is 2. The number of halogens is 1. The molecule has 0 fully saturated rings. The second-order valence-electron chi connectivity index (χ2n) is 5.04. The smallest absolute Gasteiger partial charge is 0.231 e. The molecule has 0 radical (unpaired) electrons. The van der Waals surface area contributed by atoms with E-state index in [1.165, 1.54) is 0 Å². The van der Waals surface area contributed by atoms with E-state index in [1.54, 1.807) is 48.3 Å². The van der Waals surface area contributed by atoms with E-state index < -0.39 is 0 Å². The molecule has 4 nitrogen and oxygen atoms in total. The summed E-state index contributed by atoms with van der Waals surface area (Å²) in [6.07, 6.45) is 0.322. The normalized spacial score (nSPS) is 13.4. The number of fused-ring (bicyclic) bond motifs is 1. The Kier molecular flexibility index (Phi) is 3.18. The highest BCUT2D eigenvalue weighted by atomic mass is 35.5. The Bertz CT molecular complexity index is 771. The maximum Gasteiger partial charge on any atom is 0.231 e. The second kappa shape index (κ2) is 4.90. The summed E-state index contributed by atoms with van der Waals surface area (Å²) in [5.74, 6) is -0.148. The van der Waals surface area contributed by atoms with Crippen LogP contribution in [0.4, 0.5) is 11.4 Å². The van der Waals surface area contributed by atoms with Crippen LogP contribution < -0.4 is 10.6 Å². The maximum atomic E-state index is 12.5. The molecule has 1 aliphatic rings. The number of hydrogen-bond donors (Lipinski definition) is 1. The zero-order valence-corrected chi connectivity index (χ0v) is 12.1. The van der Waals surface area contributed by atoms with Gasteiger partial charge in [-0.15, -0.1) is 0 Å². The van der Waals surface area contributed by atoms with Crippen molar-refractivity contribution < 1.29 is 9.59 Å². The number of amides is 1. The van der Waals surface area contributed by atoms with E-state index in [0.29, 0.717) is 28.3 Å². The topological polar surface area (TPSA) is 63.4 Å². The Balaban J connectivity index is 2.00. The van der Waals surface area contributed by atoms with Crippen molar-refractivity contribution in [2.24, 2.45) is 0 Å². The van der Waals surface area contributed by atoms with Gasteiger partial charge in [0.05, 0.1) is 11.4 Å². The van der Waals surface area contributed by atoms with Gasteiger partial charge in [-0.3, -0.25) is 9.59 Å². The number of nitrogens with two attached hydrogens (primary N) is 1. The number of likely N-dealkylation sites (N-methyl/N-ethyl adjacent to an activating group) is 1. The minimum atomic E-state index is -0.176. The molecule has 0 aromatic heterocycles. The Morgan fingerprint density at radius 3 is 2.71 bits per heavy atom. The van der Waals surface area contributed by atoms with Crippen molar-refractivity contribution >= 4 is 34.7 Å². The lowest BCUT2D eigenvalue weighted by molar-refractivity contribution is -0.117. The molecule has 1 aliphatic heterocycles. The zero-order valence-electron chi connectivity index (χ0n) is 11.4. The minimum Gasteiger partial charge on any atom is -0.399 e. The van der Waals surface area contributed by atoms with Crippen molar-refractivity contribution in [3.8, 4) is 0 Å². The number of carbonyl (C=O) groups excluding carboxylic acids is 2. The molecule has 106 valence electrons. The van der Waals surface area contributed by atoms with Crippen LogP contribution in [0.1, 0.15) is 21.5 Å². The van der Waals surface area contributed by atoms with Crippen LogP contribution in [0.2, 0.25) is 5.02 Å². The van der Waals surface area contributed by atoms with E-state index in [4.69, 9.17) is 17.3 Å². The molecule has 3 rings (SSSR count). The lowest BCUT2D eigenvalue weighted by atomic mass is 10.00. The fraction of sp³-hybridized carbons (Fsp3) is 0.125. The third kappa shape index (κ3) is 2.28. The third-order valence-corrected chi connectivity index (χ3v) is 3.97. The van der Waals surface area contributed by atoms with E-state index in [2.05, 4.69) is 0 Å². The van der Waals surface area contributed by atoms with Gasteiger partial charge >= 0.3 is 0 Å². The van der Waals surface area contributed by atoms with Gasteiger partial charge in [-0.1, -0.05) is 11.6 Å². The van der Waals surface area contributed by atoms with Gasteiger partial charge in [-0.25, -0.2) is 0 Å². The first-order valence-corrected chi connectivity index (χ1v) is 6.84. The molecule has 2 aromatic carbocycles. The van der Waals surface area contributed by atoms with Crippen LogP contribution in [-0.2, 0) is 11.2 Å². The van der Waals surface area contributed by atoms with Gasteiger partial charge in [0.1, 0.15) is 0 Å². The van der Waals surface area contributed by atoms with E-state index in [9.17, 15) is 9.59 Å². The number of hydrogen-bond acceptors (Lipinski definition) is 3. The molecule has 0 spiro atoms. The van der Waals surface area contributed by atoms with Crippen molar-refractivity contribution in [2.45, 2.75) is 6.42 Å². The van der Waals surface area contributed by atoms with Gasteiger partial charge in [-0.05, 0) is 42.0 Å². The molecular weight excluding hydrogens is 288 g/mol. The molecule has 0 saturated carbocycles. The molecule has 0 aliphatic carbocycles. The summed E-state index contributed by atoms with van der Waals surface area (Å²) in [5.41, 5.74) is 8.78. The molecule has 0 unspecified atom stereocenters. The van der Waals surface area contributed by atoms with E-state index in [-0.39, 0.29) is 11.7 Å².